The van der Waals surface area contributed by atoms with Crippen LogP contribution in [0.1, 0.15) is 20.8 Å². The molecule has 0 unspecified atom stereocenters. The highest BCUT2D eigenvalue weighted by Crippen LogP contribution is 2.29. The molecule has 0 aliphatic rings. The van der Waals surface area contributed by atoms with E-state index in [0.717, 1.165) is 16.4 Å². The summed E-state index contributed by atoms with van der Waals surface area (Å²) in [7, 11) is -2.95. The number of rotatable bonds is 6. The van der Waals surface area contributed by atoms with Gasteiger partial charge in [0.25, 0.3) is 0 Å². The van der Waals surface area contributed by atoms with Crippen molar-refractivity contribution in [3.05, 3.63) is 24.0 Å². The summed E-state index contributed by atoms with van der Waals surface area (Å²) in [5.41, 5.74) is -0.469. The molecule has 0 fully saturated rings. The third-order valence-electron chi connectivity index (χ3n) is 2.71. The molecule has 6 nitrogen and oxygen atoms in total. The van der Waals surface area contributed by atoms with E-state index in [0.29, 0.717) is 0 Å². The number of nitrogens with zero attached hydrogens (tertiary/aromatic N) is 1. The van der Waals surface area contributed by atoms with E-state index in [-0.39, 0.29) is 17.2 Å². The summed E-state index contributed by atoms with van der Waals surface area (Å²) in [6.45, 7) is 4.60. The largest absolute Gasteiger partial charge is 0.495 e. The molecule has 1 aromatic rings. The van der Waals surface area contributed by atoms with Gasteiger partial charge in [-0.3, -0.25) is 4.79 Å². The third kappa shape index (κ3) is 4.67. The molecule has 0 aliphatic heterocycles. The molecule has 124 valence electrons. The van der Waals surface area contributed by atoms with Crippen LogP contribution in [0.3, 0.4) is 0 Å². The molecule has 8 heteroatoms. The Morgan fingerprint density at radius 3 is 2.41 bits per heavy atom. The van der Waals surface area contributed by atoms with Gasteiger partial charge in [-0.15, -0.1) is 0 Å². The molecule has 0 heterocycles. The number of hydrogen-bond acceptors (Lipinski definition) is 4. The number of carboxylic acid groups (broad SMARTS) is 1. The third-order valence-corrected chi connectivity index (χ3v) is 4.52. The highest BCUT2D eigenvalue weighted by atomic mass is 32.2. The summed E-state index contributed by atoms with van der Waals surface area (Å²) in [5.74, 6) is -2.07. The van der Waals surface area contributed by atoms with Crippen LogP contribution in [0, 0.1) is 11.2 Å². The maximum Gasteiger partial charge on any atom is 0.318 e. The van der Waals surface area contributed by atoms with E-state index in [1.165, 1.54) is 13.2 Å². The predicted octanol–water partition coefficient (Wildman–Crippen LogP) is 1.96. The molecule has 1 rings (SSSR count). The fraction of sp³-hybridized carbons (Fsp3) is 0.500. The van der Waals surface area contributed by atoms with E-state index in [1.807, 2.05) is 0 Å². The van der Waals surface area contributed by atoms with Gasteiger partial charge in [-0.1, -0.05) is 20.8 Å². The van der Waals surface area contributed by atoms with Crippen LogP contribution in [-0.2, 0) is 14.8 Å². The minimum absolute atomic E-state index is 0.0265. The molecule has 0 spiro atoms. The van der Waals surface area contributed by atoms with E-state index in [2.05, 4.69) is 0 Å². The second-order valence-corrected chi connectivity index (χ2v) is 7.93. The van der Waals surface area contributed by atoms with Crippen molar-refractivity contribution in [2.45, 2.75) is 25.7 Å². The Kier molecular flexibility index (Phi) is 5.53. The lowest BCUT2D eigenvalue weighted by Gasteiger charge is -2.28. The molecule has 0 amide bonds. The van der Waals surface area contributed by atoms with Gasteiger partial charge in [-0.2, -0.15) is 4.31 Å². The molecule has 0 saturated carbocycles. The average Bonchev–Trinajstić information content (AvgIpc) is 2.35. The van der Waals surface area contributed by atoms with Gasteiger partial charge in [0.1, 0.15) is 23.0 Å². The van der Waals surface area contributed by atoms with E-state index in [9.17, 15) is 17.6 Å². The Morgan fingerprint density at radius 2 is 1.95 bits per heavy atom. The summed E-state index contributed by atoms with van der Waals surface area (Å²) >= 11 is 0. The lowest BCUT2D eigenvalue weighted by Crippen LogP contribution is -2.41. The summed E-state index contributed by atoms with van der Waals surface area (Å²) in [6, 6.07) is 3.09. The Morgan fingerprint density at radius 1 is 1.36 bits per heavy atom. The Bertz CT molecular complexity index is 652. The fourth-order valence-electron chi connectivity index (χ4n) is 1.90. The molecule has 1 N–H and O–H groups in total. The average molecular weight is 333 g/mol. The number of benzene rings is 1. The second-order valence-electron chi connectivity index (χ2n) is 6.02. The molecule has 1 aromatic carbocycles. The van der Waals surface area contributed by atoms with Gasteiger partial charge in [0, 0.05) is 6.54 Å². The first kappa shape index (κ1) is 18.4. The van der Waals surface area contributed by atoms with Crippen LogP contribution >= 0.6 is 0 Å². The van der Waals surface area contributed by atoms with Crippen molar-refractivity contribution in [2.24, 2.45) is 5.41 Å². The minimum Gasteiger partial charge on any atom is -0.495 e. The van der Waals surface area contributed by atoms with Crippen molar-refractivity contribution in [3.63, 3.8) is 0 Å². The monoisotopic (exact) mass is 333 g/mol. The van der Waals surface area contributed by atoms with Gasteiger partial charge >= 0.3 is 5.97 Å². The molecule has 0 aromatic heterocycles. The molecule has 0 bridgehead atoms. The molecule has 22 heavy (non-hydrogen) atoms. The Labute approximate surface area is 129 Å². The van der Waals surface area contributed by atoms with Crippen LogP contribution in [0.25, 0.3) is 0 Å². The lowest BCUT2D eigenvalue weighted by molar-refractivity contribution is -0.137. The number of aliphatic carboxylic acids is 1. The zero-order chi connectivity index (χ0) is 17.1. The number of methoxy groups -OCH3 is 1. The number of hydrogen-bond donors (Lipinski definition) is 1. The number of sulfonamides is 1. The number of carboxylic acids is 1. The summed E-state index contributed by atoms with van der Waals surface area (Å²) in [6.07, 6.45) is 0. The van der Waals surface area contributed by atoms with E-state index < -0.39 is 33.8 Å². The molecule has 0 radical (unpaired) electrons. The standard InChI is InChI=1S/C14H20FNO5S/c1-14(2,3)9-16(8-13(17)18)22(19,20)12-7-10(15)5-6-11(12)21-4/h5-7H,8-9H2,1-4H3,(H,17,18). The molecular weight excluding hydrogens is 313 g/mol. The van der Waals surface area contributed by atoms with Crippen LogP contribution in [0.5, 0.6) is 5.75 Å². The predicted molar refractivity (Wildman–Crippen MR) is 78.8 cm³/mol. The zero-order valence-corrected chi connectivity index (χ0v) is 13.8. The van der Waals surface area contributed by atoms with Gasteiger partial charge < -0.3 is 9.84 Å². The summed E-state index contributed by atoms with van der Waals surface area (Å²) in [4.78, 5) is 10.6. The Balaban J connectivity index is 3.38. The lowest BCUT2D eigenvalue weighted by atomic mass is 9.97. The minimum atomic E-state index is -4.21. The normalized spacial score (nSPS) is 12.5. The van der Waals surface area contributed by atoms with E-state index in [1.54, 1.807) is 20.8 Å². The van der Waals surface area contributed by atoms with Crippen molar-refractivity contribution in [1.82, 2.24) is 4.31 Å². The highest BCUT2D eigenvalue weighted by Gasteiger charge is 2.32. The van der Waals surface area contributed by atoms with Gasteiger partial charge in [0.05, 0.1) is 7.11 Å². The number of ether oxygens (including phenoxy) is 1. The smallest absolute Gasteiger partial charge is 0.318 e. The fourth-order valence-corrected chi connectivity index (χ4v) is 3.68. The summed E-state index contributed by atoms with van der Waals surface area (Å²) < 4.78 is 44.6. The topological polar surface area (TPSA) is 83.9 Å². The van der Waals surface area contributed by atoms with Crippen molar-refractivity contribution >= 4 is 16.0 Å². The van der Waals surface area contributed by atoms with Crippen molar-refractivity contribution < 1.29 is 27.4 Å². The van der Waals surface area contributed by atoms with Crippen LogP contribution in [0.2, 0.25) is 0 Å². The zero-order valence-electron chi connectivity index (χ0n) is 13.0. The maximum atomic E-state index is 13.4. The maximum absolute atomic E-state index is 13.4. The molecule has 0 saturated heterocycles. The molecule has 0 atom stereocenters. The van der Waals surface area contributed by atoms with E-state index in [4.69, 9.17) is 9.84 Å². The first-order chi connectivity index (χ1) is 9.97. The van der Waals surface area contributed by atoms with Crippen molar-refractivity contribution in [3.8, 4) is 5.75 Å². The SMILES string of the molecule is COc1ccc(F)cc1S(=O)(=O)N(CC(=O)O)CC(C)(C)C. The van der Waals surface area contributed by atoms with Crippen LogP contribution in [-0.4, -0.2) is 44.0 Å². The molecular formula is C14H20FNO5S. The first-order valence-electron chi connectivity index (χ1n) is 6.53. The van der Waals surface area contributed by atoms with E-state index >= 15 is 0 Å². The quantitative estimate of drug-likeness (QED) is 0.860. The van der Waals surface area contributed by atoms with Crippen molar-refractivity contribution in [1.29, 1.82) is 0 Å². The van der Waals surface area contributed by atoms with Gasteiger partial charge in [-0.25, -0.2) is 12.8 Å². The van der Waals surface area contributed by atoms with Gasteiger partial charge in [0.2, 0.25) is 10.0 Å². The van der Waals surface area contributed by atoms with Crippen LogP contribution < -0.4 is 4.74 Å². The second kappa shape index (κ2) is 6.62. The van der Waals surface area contributed by atoms with Crippen molar-refractivity contribution in [2.75, 3.05) is 20.2 Å². The van der Waals surface area contributed by atoms with Crippen LogP contribution in [0.15, 0.2) is 23.1 Å². The Hall–Kier alpha value is -1.67. The van der Waals surface area contributed by atoms with Gasteiger partial charge in [-0.05, 0) is 23.6 Å². The van der Waals surface area contributed by atoms with Crippen LogP contribution in [0.4, 0.5) is 4.39 Å². The molecule has 0 aliphatic carbocycles. The first-order valence-corrected chi connectivity index (χ1v) is 7.97. The number of carbonyl (C=O) groups is 1. The number of halogens is 1. The van der Waals surface area contributed by atoms with Gasteiger partial charge in [0.15, 0.2) is 0 Å². The highest BCUT2D eigenvalue weighted by molar-refractivity contribution is 7.89. The summed E-state index contributed by atoms with van der Waals surface area (Å²) in [5, 5.41) is 8.96.